The van der Waals surface area contributed by atoms with Crippen molar-refractivity contribution in [3.63, 3.8) is 0 Å². The summed E-state index contributed by atoms with van der Waals surface area (Å²) in [7, 11) is -2.10. The summed E-state index contributed by atoms with van der Waals surface area (Å²) in [6.07, 6.45) is 0. The molecule has 6 nitrogen and oxygen atoms in total. The Hall–Kier alpha value is -2.22. The summed E-state index contributed by atoms with van der Waals surface area (Å²) in [5.74, 6) is -0.296. The molecule has 0 aliphatic heterocycles. The van der Waals surface area contributed by atoms with Gasteiger partial charge in [0.05, 0.1) is 11.5 Å². The zero-order valence-electron chi connectivity index (χ0n) is 13.6. The molecule has 0 fully saturated rings. The van der Waals surface area contributed by atoms with Crippen molar-refractivity contribution in [1.29, 1.82) is 0 Å². The third-order valence-electron chi connectivity index (χ3n) is 3.33. The number of aryl methyl sites for hydroxylation is 1. The molecule has 0 aliphatic rings. The molecule has 0 heterocycles. The highest BCUT2D eigenvalue weighted by Gasteiger charge is 2.14. The van der Waals surface area contributed by atoms with E-state index >= 15 is 0 Å². The van der Waals surface area contributed by atoms with E-state index in [2.05, 4.69) is 10.0 Å². The highest BCUT2D eigenvalue weighted by Crippen LogP contribution is 2.13. The van der Waals surface area contributed by atoms with Crippen LogP contribution in [0.3, 0.4) is 0 Å². The van der Waals surface area contributed by atoms with Gasteiger partial charge in [-0.2, -0.15) is 0 Å². The second-order valence-electron chi connectivity index (χ2n) is 5.24. The second kappa shape index (κ2) is 8.05. The number of amides is 1. The summed E-state index contributed by atoms with van der Waals surface area (Å²) in [6.45, 7) is 2.44. The minimum Gasteiger partial charge on any atom is -0.383 e. The number of carbonyl (C=O) groups is 1. The van der Waals surface area contributed by atoms with Gasteiger partial charge in [0.15, 0.2) is 0 Å². The molecule has 2 aromatic rings. The first-order valence-corrected chi connectivity index (χ1v) is 8.87. The Morgan fingerprint density at radius 2 is 1.67 bits per heavy atom. The maximum Gasteiger partial charge on any atom is 0.255 e. The van der Waals surface area contributed by atoms with Crippen molar-refractivity contribution in [2.75, 3.05) is 25.6 Å². The lowest BCUT2D eigenvalue weighted by Gasteiger charge is -2.08. The molecule has 0 saturated carbocycles. The van der Waals surface area contributed by atoms with Crippen LogP contribution in [0, 0.1) is 6.92 Å². The Balaban J connectivity index is 2.05. The van der Waals surface area contributed by atoms with Gasteiger partial charge in [-0.3, -0.25) is 4.79 Å². The van der Waals surface area contributed by atoms with Gasteiger partial charge >= 0.3 is 0 Å². The number of benzene rings is 2. The van der Waals surface area contributed by atoms with E-state index in [1.165, 1.54) is 31.4 Å². The maximum atomic E-state index is 12.2. The Bertz CT molecular complexity index is 784. The number of carbonyl (C=O) groups excluding carboxylic acids is 1. The summed E-state index contributed by atoms with van der Waals surface area (Å²) < 4.78 is 31.3. The molecule has 0 bridgehead atoms. The van der Waals surface area contributed by atoms with Crippen molar-refractivity contribution in [1.82, 2.24) is 4.72 Å². The van der Waals surface area contributed by atoms with Gasteiger partial charge in [0.25, 0.3) is 5.91 Å². The number of hydrogen-bond donors (Lipinski definition) is 2. The van der Waals surface area contributed by atoms with Crippen LogP contribution in [0.4, 0.5) is 5.69 Å². The summed E-state index contributed by atoms with van der Waals surface area (Å²) in [6, 6.07) is 13.2. The first kappa shape index (κ1) is 18.1. The summed E-state index contributed by atoms with van der Waals surface area (Å²) in [4.78, 5) is 12.3. The number of hydrogen-bond acceptors (Lipinski definition) is 4. The number of rotatable bonds is 7. The van der Waals surface area contributed by atoms with Gasteiger partial charge in [0.2, 0.25) is 10.0 Å². The van der Waals surface area contributed by atoms with E-state index in [-0.39, 0.29) is 24.0 Å². The molecule has 128 valence electrons. The van der Waals surface area contributed by atoms with Crippen molar-refractivity contribution in [3.8, 4) is 0 Å². The van der Waals surface area contributed by atoms with Crippen LogP contribution in [0.5, 0.6) is 0 Å². The molecule has 2 N–H and O–H groups in total. The van der Waals surface area contributed by atoms with Gasteiger partial charge in [-0.1, -0.05) is 17.7 Å². The quantitative estimate of drug-likeness (QED) is 0.751. The zero-order valence-corrected chi connectivity index (χ0v) is 14.4. The lowest BCUT2D eigenvalue weighted by Crippen LogP contribution is -2.27. The smallest absolute Gasteiger partial charge is 0.255 e. The van der Waals surface area contributed by atoms with E-state index in [1.807, 2.05) is 31.2 Å². The molecular weight excluding hydrogens is 328 g/mol. The topological polar surface area (TPSA) is 84.5 Å². The number of ether oxygens (including phenoxy) is 1. The average molecular weight is 348 g/mol. The molecule has 2 rings (SSSR count). The SMILES string of the molecule is COCCNS(=O)(=O)c1ccc(C(=O)Nc2ccc(C)cc2)cc1. The molecule has 0 radical (unpaired) electrons. The fourth-order valence-corrected chi connectivity index (χ4v) is 3.00. The van der Waals surface area contributed by atoms with Gasteiger partial charge < -0.3 is 10.1 Å². The van der Waals surface area contributed by atoms with Gasteiger partial charge in [-0.25, -0.2) is 13.1 Å². The molecule has 0 unspecified atom stereocenters. The molecule has 0 aliphatic carbocycles. The Kier molecular flexibility index (Phi) is 6.08. The fourth-order valence-electron chi connectivity index (χ4n) is 1.99. The van der Waals surface area contributed by atoms with E-state index in [9.17, 15) is 13.2 Å². The molecule has 0 aromatic heterocycles. The van der Waals surface area contributed by atoms with Gasteiger partial charge in [-0.15, -0.1) is 0 Å². The summed E-state index contributed by atoms with van der Waals surface area (Å²) in [5, 5.41) is 2.76. The predicted octanol–water partition coefficient (Wildman–Crippen LogP) is 2.17. The van der Waals surface area contributed by atoms with Crippen LogP contribution in [0.2, 0.25) is 0 Å². The molecule has 0 spiro atoms. The lowest BCUT2D eigenvalue weighted by atomic mass is 10.2. The third-order valence-corrected chi connectivity index (χ3v) is 4.81. The second-order valence-corrected chi connectivity index (χ2v) is 7.00. The maximum absolute atomic E-state index is 12.2. The van der Waals surface area contributed by atoms with E-state index in [0.717, 1.165) is 5.56 Å². The summed E-state index contributed by atoms with van der Waals surface area (Å²) >= 11 is 0. The highest BCUT2D eigenvalue weighted by molar-refractivity contribution is 7.89. The average Bonchev–Trinajstić information content (AvgIpc) is 2.57. The van der Waals surface area contributed by atoms with E-state index < -0.39 is 10.0 Å². The summed E-state index contributed by atoms with van der Waals surface area (Å²) in [5.41, 5.74) is 2.17. The predicted molar refractivity (Wildman–Crippen MR) is 92.6 cm³/mol. The van der Waals surface area contributed by atoms with Crippen molar-refractivity contribution < 1.29 is 17.9 Å². The largest absolute Gasteiger partial charge is 0.383 e. The van der Waals surface area contributed by atoms with Crippen LogP contribution in [-0.2, 0) is 14.8 Å². The van der Waals surface area contributed by atoms with Crippen LogP contribution in [-0.4, -0.2) is 34.6 Å². The standard InChI is InChI=1S/C17H20N2O4S/c1-13-3-7-15(8-4-13)19-17(20)14-5-9-16(10-6-14)24(21,22)18-11-12-23-2/h3-10,18H,11-12H2,1-2H3,(H,19,20). The molecule has 24 heavy (non-hydrogen) atoms. The molecular formula is C17H20N2O4S. The molecule has 1 amide bonds. The van der Waals surface area contributed by atoms with Gasteiger partial charge in [0, 0.05) is 24.9 Å². The van der Waals surface area contributed by atoms with Crippen molar-refractivity contribution >= 4 is 21.6 Å². The Morgan fingerprint density at radius 3 is 2.25 bits per heavy atom. The molecule has 2 aromatic carbocycles. The van der Waals surface area contributed by atoms with Gasteiger partial charge in [-0.05, 0) is 43.3 Å². The van der Waals surface area contributed by atoms with Crippen LogP contribution in [0.15, 0.2) is 53.4 Å². The fraction of sp³-hybridized carbons (Fsp3) is 0.235. The number of methoxy groups -OCH3 is 1. The zero-order chi connectivity index (χ0) is 17.6. The van der Waals surface area contributed by atoms with Crippen LogP contribution >= 0.6 is 0 Å². The molecule has 0 atom stereocenters. The molecule has 0 saturated heterocycles. The highest BCUT2D eigenvalue weighted by atomic mass is 32.2. The van der Waals surface area contributed by atoms with E-state index in [1.54, 1.807) is 0 Å². The third kappa shape index (κ3) is 4.89. The van der Waals surface area contributed by atoms with Crippen molar-refractivity contribution in [2.24, 2.45) is 0 Å². The molecule has 7 heteroatoms. The van der Waals surface area contributed by atoms with Gasteiger partial charge in [0.1, 0.15) is 0 Å². The van der Waals surface area contributed by atoms with E-state index in [4.69, 9.17) is 4.74 Å². The number of anilines is 1. The lowest BCUT2D eigenvalue weighted by molar-refractivity contribution is 0.102. The number of sulfonamides is 1. The van der Waals surface area contributed by atoms with Crippen LogP contribution in [0.25, 0.3) is 0 Å². The van der Waals surface area contributed by atoms with Crippen molar-refractivity contribution in [3.05, 3.63) is 59.7 Å². The van der Waals surface area contributed by atoms with Crippen molar-refractivity contribution in [2.45, 2.75) is 11.8 Å². The number of nitrogens with one attached hydrogen (secondary N) is 2. The first-order chi connectivity index (χ1) is 11.4. The normalized spacial score (nSPS) is 11.2. The Labute approximate surface area is 141 Å². The monoisotopic (exact) mass is 348 g/mol. The van der Waals surface area contributed by atoms with Crippen LogP contribution < -0.4 is 10.0 Å². The first-order valence-electron chi connectivity index (χ1n) is 7.39. The minimum absolute atomic E-state index is 0.102. The Morgan fingerprint density at radius 1 is 1.04 bits per heavy atom. The van der Waals surface area contributed by atoms with Crippen LogP contribution in [0.1, 0.15) is 15.9 Å². The van der Waals surface area contributed by atoms with E-state index in [0.29, 0.717) is 11.3 Å². The minimum atomic E-state index is -3.60.